The Labute approximate surface area is 123 Å². The SMILES string of the molecule is COC(C(=O)N1CCOC(C(N)=S)C1)c1ccccc1. The molecular weight excluding hydrogens is 276 g/mol. The molecule has 0 aliphatic carbocycles. The summed E-state index contributed by atoms with van der Waals surface area (Å²) in [5.41, 5.74) is 6.42. The Kier molecular flexibility index (Phi) is 5.05. The lowest BCUT2D eigenvalue weighted by atomic mass is 10.1. The molecule has 0 spiro atoms. The number of morpholine rings is 1. The predicted molar refractivity (Wildman–Crippen MR) is 79.3 cm³/mol. The van der Waals surface area contributed by atoms with Gasteiger partial charge < -0.3 is 20.1 Å². The minimum Gasteiger partial charge on any atom is -0.391 e. The summed E-state index contributed by atoms with van der Waals surface area (Å²) < 4.78 is 10.8. The first-order valence-electron chi connectivity index (χ1n) is 6.41. The summed E-state index contributed by atoms with van der Waals surface area (Å²) in [6.07, 6.45) is -0.989. The maximum Gasteiger partial charge on any atom is 0.256 e. The Balaban J connectivity index is 2.11. The Morgan fingerprint density at radius 2 is 2.20 bits per heavy atom. The lowest BCUT2D eigenvalue weighted by Gasteiger charge is -2.34. The molecule has 2 N–H and O–H groups in total. The average molecular weight is 294 g/mol. The number of carbonyl (C=O) groups is 1. The van der Waals surface area contributed by atoms with Crippen LogP contribution < -0.4 is 5.73 Å². The standard InChI is InChI=1S/C14H18N2O3S/c1-18-12(10-5-3-2-4-6-10)14(17)16-7-8-19-11(9-16)13(15)20/h2-6,11-12H,7-9H2,1H3,(H2,15,20). The normalized spacial score (nSPS) is 20.4. The van der Waals surface area contributed by atoms with Crippen LogP contribution in [0.15, 0.2) is 30.3 Å². The Bertz CT molecular complexity index is 481. The molecule has 5 nitrogen and oxygen atoms in total. The molecular formula is C14H18N2O3S. The van der Waals surface area contributed by atoms with Crippen molar-refractivity contribution in [3.05, 3.63) is 35.9 Å². The zero-order valence-electron chi connectivity index (χ0n) is 11.3. The molecule has 0 saturated carbocycles. The summed E-state index contributed by atoms with van der Waals surface area (Å²) in [6.45, 7) is 1.32. The van der Waals surface area contributed by atoms with Crippen LogP contribution in [0.2, 0.25) is 0 Å². The molecule has 1 aliphatic rings. The van der Waals surface area contributed by atoms with Gasteiger partial charge in [0.1, 0.15) is 11.1 Å². The molecule has 1 aliphatic heterocycles. The van der Waals surface area contributed by atoms with Gasteiger partial charge in [-0.25, -0.2) is 0 Å². The van der Waals surface area contributed by atoms with E-state index in [-0.39, 0.29) is 17.0 Å². The van der Waals surface area contributed by atoms with Gasteiger partial charge in [0.25, 0.3) is 5.91 Å². The first-order valence-corrected chi connectivity index (χ1v) is 6.81. The van der Waals surface area contributed by atoms with Crippen molar-refractivity contribution in [1.82, 2.24) is 4.90 Å². The van der Waals surface area contributed by atoms with E-state index in [1.165, 1.54) is 7.11 Å². The number of nitrogens with zero attached hydrogens (tertiary/aromatic N) is 1. The molecule has 6 heteroatoms. The molecule has 2 unspecified atom stereocenters. The number of methoxy groups -OCH3 is 1. The molecule has 2 rings (SSSR count). The van der Waals surface area contributed by atoms with E-state index < -0.39 is 6.10 Å². The molecule has 20 heavy (non-hydrogen) atoms. The molecule has 0 bridgehead atoms. The van der Waals surface area contributed by atoms with Crippen molar-refractivity contribution in [2.45, 2.75) is 12.2 Å². The zero-order chi connectivity index (χ0) is 14.5. The molecule has 1 aromatic carbocycles. The number of nitrogens with two attached hydrogens (primary N) is 1. The van der Waals surface area contributed by atoms with E-state index in [9.17, 15) is 4.79 Å². The van der Waals surface area contributed by atoms with Crippen molar-refractivity contribution in [3.8, 4) is 0 Å². The molecule has 1 heterocycles. The highest BCUT2D eigenvalue weighted by Gasteiger charge is 2.31. The van der Waals surface area contributed by atoms with E-state index in [2.05, 4.69) is 0 Å². The molecule has 1 fully saturated rings. The summed E-state index contributed by atoms with van der Waals surface area (Å²) in [6, 6.07) is 9.41. The zero-order valence-corrected chi connectivity index (χ0v) is 12.1. The van der Waals surface area contributed by atoms with Crippen LogP contribution in [0.3, 0.4) is 0 Å². The third-order valence-electron chi connectivity index (χ3n) is 3.26. The van der Waals surface area contributed by atoms with Crippen molar-refractivity contribution in [2.75, 3.05) is 26.8 Å². The van der Waals surface area contributed by atoms with Crippen molar-refractivity contribution in [1.29, 1.82) is 0 Å². The maximum absolute atomic E-state index is 12.6. The quantitative estimate of drug-likeness (QED) is 0.835. The lowest BCUT2D eigenvalue weighted by Crippen LogP contribution is -2.51. The minimum atomic E-state index is -0.610. The number of rotatable bonds is 4. The van der Waals surface area contributed by atoms with Gasteiger partial charge in [0.15, 0.2) is 6.10 Å². The number of hydrogen-bond acceptors (Lipinski definition) is 4. The number of hydrogen-bond donors (Lipinski definition) is 1. The van der Waals surface area contributed by atoms with Crippen molar-refractivity contribution >= 4 is 23.1 Å². The largest absolute Gasteiger partial charge is 0.391 e. The molecule has 1 saturated heterocycles. The summed E-state index contributed by atoms with van der Waals surface area (Å²) in [5, 5.41) is 0. The maximum atomic E-state index is 12.6. The van der Waals surface area contributed by atoms with Gasteiger partial charge in [-0.3, -0.25) is 4.79 Å². The van der Waals surface area contributed by atoms with E-state index in [0.717, 1.165) is 5.56 Å². The Hall–Kier alpha value is -1.50. The number of thiocarbonyl (C=S) groups is 1. The number of amides is 1. The van der Waals surface area contributed by atoms with Gasteiger partial charge in [0.2, 0.25) is 0 Å². The van der Waals surface area contributed by atoms with Crippen LogP contribution in [-0.4, -0.2) is 48.7 Å². The molecule has 2 atom stereocenters. The van der Waals surface area contributed by atoms with Gasteiger partial charge in [0.05, 0.1) is 13.2 Å². The van der Waals surface area contributed by atoms with Crippen LogP contribution in [0.4, 0.5) is 0 Å². The van der Waals surface area contributed by atoms with Crippen LogP contribution >= 0.6 is 12.2 Å². The van der Waals surface area contributed by atoms with Gasteiger partial charge in [-0.2, -0.15) is 0 Å². The van der Waals surface area contributed by atoms with E-state index in [4.69, 9.17) is 27.4 Å². The van der Waals surface area contributed by atoms with Crippen LogP contribution in [0.25, 0.3) is 0 Å². The number of ether oxygens (including phenoxy) is 2. The first-order chi connectivity index (χ1) is 9.63. The summed E-state index contributed by atoms with van der Waals surface area (Å²) in [4.78, 5) is 14.5. The van der Waals surface area contributed by atoms with Crippen LogP contribution in [0.1, 0.15) is 11.7 Å². The van der Waals surface area contributed by atoms with Gasteiger partial charge in [-0.1, -0.05) is 42.5 Å². The second kappa shape index (κ2) is 6.78. The molecule has 0 aromatic heterocycles. The second-order valence-corrected chi connectivity index (χ2v) is 5.04. The van der Waals surface area contributed by atoms with E-state index in [1.54, 1.807) is 4.90 Å². The molecule has 1 amide bonds. The van der Waals surface area contributed by atoms with Crippen LogP contribution in [0, 0.1) is 0 Å². The third-order valence-corrected chi connectivity index (χ3v) is 3.52. The molecule has 0 radical (unpaired) electrons. The molecule has 1 aromatic rings. The van der Waals surface area contributed by atoms with Crippen molar-refractivity contribution in [2.24, 2.45) is 5.73 Å². The summed E-state index contributed by atoms with van der Waals surface area (Å²) in [7, 11) is 1.53. The summed E-state index contributed by atoms with van der Waals surface area (Å²) >= 11 is 4.93. The highest BCUT2D eigenvalue weighted by atomic mass is 32.1. The molecule has 108 valence electrons. The Morgan fingerprint density at radius 1 is 1.50 bits per heavy atom. The van der Waals surface area contributed by atoms with Crippen LogP contribution in [-0.2, 0) is 14.3 Å². The van der Waals surface area contributed by atoms with Gasteiger partial charge >= 0.3 is 0 Å². The smallest absolute Gasteiger partial charge is 0.256 e. The van der Waals surface area contributed by atoms with Gasteiger partial charge in [0, 0.05) is 13.7 Å². The fourth-order valence-electron chi connectivity index (χ4n) is 2.19. The third kappa shape index (κ3) is 3.33. The highest BCUT2D eigenvalue weighted by Crippen LogP contribution is 2.20. The van der Waals surface area contributed by atoms with E-state index in [0.29, 0.717) is 19.7 Å². The Morgan fingerprint density at radius 3 is 2.80 bits per heavy atom. The van der Waals surface area contributed by atoms with Crippen molar-refractivity contribution in [3.63, 3.8) is 0 Å². The number of benzene rings is 1. The van der Waals surface area contributed by atoms with Gasteiger partial charge in [-0.05, 0) is 5.56 Å². The monoisotopic (exact) mass is 294 g/mol. The summed E-state index contributed by atoms with van der Waals surface area (Å²) in [5.74, 6) is -0.0942. The predicted octanol–water partition coefficient (Wildman–Crippen LogP) is 0.888. The van der Waals surface area contributed by atoms with Gasteiger partial charge in [-0.15, -0.1) is 0 Å². The fourth-order valence-corrected chi connectivity index (χ4v) is 2.34. The van der Waals surface area contributed by atoms with Crippen molar-refractivity contribution < 1.29 is 14.3 Å². The van der Waals surface area contributed by atoms with Crippen LogP contribution in [0.5, 0.6) is 0 Å². The highest BCUT2D eigenvalue weighted by molar-refractivity contribution is 7.80. The lowest BCUT2D eigenvalue weighted by molar-refractivity contribution is -0.147. The average Bonchev–Trinajstić information content (AvgIpc) is 2.49. The minimum absolute atomic E-state index is 0.0942. The topological polar surface area (TPSA) is 64.8 Å². The number of carbonyl (C=O) groups excluding carboxylic acids is 1. The first kappa shape index (κ1) is 14.9. The van der Waals surface area contributed by atoms with E-state index >= 15 is 0 Å². The second-order valence-electron chi connectivity index (χ2n) is 4.57. The fraction of sp³-hybridized carbons (Fsp3) is 0.429. The van der Waals surface area contributed by atoms with E-state index in [1.807, 2.05) is 30.3 Å².